The van der Waals surface area contributed by atoms with E-state index in [9.17, 15) is 9.18 Å². The third-order valence-electron chi connectivity index (χ3n) is 2.84. The number of anilines is 1. The van der Waals surface area contributed by atoms with Crippen LogP contribution in [0.5, 0.6) is 0 Å². The van der Waals surface area contributed by atoms with Gasteiger partial charge in [0, 0.05) is 10.9 Å². The normalized spacial score (nSPS) is 11.9. The van der Waals surface area contributed by atoms with Gasteiger partial charge in [-0.25, -0.2) is 4.39 Å². The summed E-state index contributed by atoms with van der Waals surface area (Å²) in [6.07, 6.45) is 0. The van der Waals surface area contributed by atoms with Crippen LogP contribution in [0.1, 0.15) is 17.7 Å². The first-order chi connectivity index (χ1) is 9.65. The van der Waals surface area contributed by atoms with Gasteiger partial charge in [-0.15, -0.1) is 11.8 Å². The second-order valence-corrected chi connectivity index (χ2v) is 5.75. The van der Waals surface area contributed by atoms with Gasteiger partial charge in [0.1, 0.15) is 5.82 Å². The van der Waals surface area contributed by atoms with E-state index in [2.05, 4.69) is 12.2 Å². The molecule has 0 radical (unpaired) electrons. The summed E-state index contributed by atoms with van der Waals surface area (Å²) in [6, 6.07) is 15.9. The molecule has 2 rings (SSSR count). The number of hydrogen-bond acceptors (Lipinski definition) is 2. The molecule has 4 heteroatoms. The van der Waals surface area contributed by atoms with Crippen molar-refractivity contribution in [2.75, 3.05) is 11.1 Å². The first-order valence-corrected chi connectivity index (χ1v) is 7.42. The molecule has 0 saturated heterocycles. The van der Waals surface area contributed by atoms with E-state index in [0.29, 0.717) is 11.4 Å². The van der Waals surface area contributed by atoms with Gasteiger partial charge in [-0.3, -0.25) is 4.79 Å². The van der Waals surface area contributed by atoms with Crippen molar-refractivity contribution in [2.24, 2.45) is 0 Å². The summed E-state index contributed by atoms with van der Waals surface area (Å²) in [5.74, 6) is -0.136. The van der Waals surface area contributed by atoms with E-state index in [1.54, 1.807) is 23.9 Å². The summed E-state index contributed by atoms with van der Waals surface area (Å²) in [4.78, 5) is 11.8. The third kappa shape index (κ3) is 4.38. The van der Waals surface area contributed by atoms with Crippen LogP contribution in [-0.2, 0) is 4.79 Å². The van der Waals surface area contributed by atoms with E-state index in [-0.39, 0.29) is 17.0 Å². The second-order valence-electron chi connectivity index (χ2n) is 4.42. The summed E-state index contributed by atoms with van der Waals surface area (Å²) in [5.41, 5.74) is 1.68. The topological polar surface area (TPSA) is 29.1 Å². The van der Waals surface area contributed by atoms with E-state index in [4.69, 9.17) is 0 Å². The van der Waals surface area contributed by atoms with E-state index < -0.39 is 0 Å². The summed E-state index contributed by atoms with van der Waals surface area (Å²) >= 11 is 1.56. The van der Waals surface area contributed by atoms with Gasteiger partial charge in [0.25, 0.3) is 0 Å². The molecule has 0 aromatic heterocycles. The fraction of sp³-hybridized carbons (Fsp3) is 0.188. The molecule has 0 bridgehead atoms. The Balaban J connectivity index is 1.83. The molecular formula is C16H16FNOS. The lowest BCUT2D eigenvalue weighted by Gasteiger charge is -2.11. The van der Waals surface area contributed by atoms with Gasteiger partial charge in [0.15, 0.2) is 0 Å². The maximum atomic E-state index is 13.0. The molecule has 1 amide bonds. The van der Waals surface area contributed by atoms with E-state index >= 15 is 0 Å². The second kappa shape index (κ2) is 7.10. The molecule has 0 spiro atoms. The number of nitrogens with one attached hydrogen (secondary N) is 1. The zero-order valence-corrected chi connectivity index (χ0v) is 12.0. The van der Waals surface area contributed by atoms with Crippen molar-refractivity contribution in [3.05, 3.63) is 66.0 Å². The fourth-order valence-electron chi connectivity index (χ4n) is 1.78. The van der Waals surface area contributed by atoms with Crippen LogP contribution in [0.25, 0.3) is 0 Å². The lowest BCUT2D eigenvalue weighted by atomic mass is 10.2. The van der Waals surface area contributed by atoms with Crippen LogP contribution < -0.4 is 5.32 Å². The number of hydrogen-bond donors (Lipinski definition) is 1. The highest BCUT2D eigenvalue weighted by Gasteiger charge is 2.09. The Morgan fingerprint density at radius 1 is 1.20 bits per heavy atom. The van der Waals surface area contributed by atoms with Crippen LogP contribution in [0.2, 0.25) is 0 Å². The van der Waals surface area contributed by atoms with Crippen LogP contribution in [0.4, 0.5) is 10.1 Å². The molecule has 0 aliphatic rings. The molecule has 104 valence electrons. The van der Waals surface area contributed by atoms with Crippen molar-refractivity contribution >= 4 is 23.4 Å². The van der Waals surface area contributed by atoms with Crippen molar-refractivity contribution in [2.45, 2.75) is 12.2 Å². The van der Waals surface area contributed by atoms with E-state index in [1.165, 1.54) is 17.7 Å². The number of rotatable bonds is 5. The number of carbonyl (C=O) groups excluding carboxylic acids is 1. The van der Waals surface area contributed by atoms with Crippen LogP contribution in [-0.4, -0.2) is 11.7 Å². The van der Waals surface area contributed by atoms with Crippen LogP contribution in [0, 0.1) is 5.82 Å². The third-order valence-corrected chi connectivity index (χ3v) is 4.04. The molecule has 0 aliphatic heterocycles. The molecular weight excluding hydrogens is 273 g/mol. The lowest BCUT2D eigenvalue weighted by molar-refractivity contribution is -0.113. The largest absolute Gasteiger partial charge is 0.325 e. The highest BCUT2D eigenvalue weighted by molar-refractivity contribution is 8.00. The number of amides is 1. The van der Waals surface area contributed by atoms with Crippen LogP contribution in [0.3, 0.4) is 0 Å². The zero-order chi connectivity index (χ0) is 14.4. The van der Waals surface area contributed by atoms with E-state index in [0.717, 1.165) is 0 Å². The quantitative estimate of drug-likeness (QED) is 0.891. The highest BCUT2D eigenvalue weighted by Crippen LogP contribution is 2.27. The summed E-state index contributed by atoms with van der Waals surface area (Å²) < 4.78 is 13.0. The highest BCUT2D eigenvalue weighted by atomic mass is 32.2. The molecule has 0 saturated carbocycles. The Kier molecular flexibility index (Phi) is 5.18. The van der Waals surface area contributed by atoms with Gasteiger partial charge in [-0.1, -0.05) is 36.4 Å². The molecule has 2 nitrogen and oxygen atoms in total. The zero-order valence-electron chi connectivity index (χ0n) is 11.2. The molecule has 0 unspecified atom stereocenters. The molecule has 0 heterocycles. The molecule has 2 aromatic carbocycles. The molecule has 0 fully saturated rings. The summed E-state index contributed by atoms with van der Waals surface area (Å²) in [6.45, 7) is 2.06. The summed E-state index contributed by atoms with van der Waals surface area (Å²) in [7, 11) is 0. The summed E-state index contributed by atoms with van der Waals surface area (Å²) in [5, 5.41) is 2.93. The van der Waals surface area contributed by atoms with Gasteiger partial charge in [0.2, 0.25) is 5.91 Å². The van der Waals surface area contributed by atoms with Crippen LogP contribution >= 0.6 is 11.8 Å². The van der Waals surface area contributed by atoms with Gasteiger partial charge in [-0.2, -0.15) is 0 Å². The predicted molar refractivity (Wildman–Crippen MR) is 82.3 cm³/mol. The predicted octanol–water partition coefficient (Wildman–Crippen LogP) is 4.26. The van der Waals surface area contributed by atoms with Crippen molar-refractivity contribution < 1.29 is 9.18 Å². The molecule has 0 aliphatic carbocycles. The Labute approximate surface area is 122 Å². The number of halogens is 1. The minimum Gasteiger partial charge on any atom is -0.325 e. The SMILES string of the molecule is C[C@H](SCC(=O)Nc1cccc(F)c1)c1ccccc1. The average molecular weight is 289 g/mol. The fourth-order valence-corrected chi connectivity index (χ4v) is 2.61. The minimum absolute atomic E-state index is 0.122. The molecule has 20 heavy (non-hydrogen) atoms. The molecule has 1 N–H and O–H groups in total. The smallest absolute Gasteiger partial charge is 0.234 e. The minimum atomic E-state index is -0.354. The van der Waals surface area contributed by atoms with Crippen molar-refractivity contribution in [3.63, 3.8) is 0 Å². The Morgan fingerprint density at radius 2 is 1.95 bits per heavy atom. The van der Waals surface area contributed by atoms with Crippen molar-refractivity contribution in [1.82, 2.24) is 0 Å². The average Bonchev–Trinajstić information content (AvgIpc) is 2.46. The van der Waals surface area contributed by atoms with Crippen LogP contribution in [0.15, 0.2) is 54.6 Å². The number of carbonyl (C=O) groups is 1. The number of benzene rings is 2. The van der Waals surface area contributed by atoms with Gasteiger partial charge < -0.3 is 5.32 Å². The maximum absolute atomic E-state index is 13.0. The van der Waals surface area contributed by atoms with E-state index in [1.807, 2.05) is 30.3 Å². The first kappa shape index (κ1) is 14.6. The maximum Gasteiger partial charge on any atom is 0.234 e. The lowest BCUT2D eigenvalue weighted by Crippen LogP contribution is -2.14. The molecule has 1 atom stereocenters. The molecule has 2 aromatic rings. The number of thioether (sulfide) groups is 1. The Bertz CT molecular complexity index is 574. The Morgan fingerprint density at radius 3 is 2.65 bits per heavy atom. The monoisotopic (exact) mass is 289 g/mol. The van der Waals surface area contributed by atoms with Crippen molar-refractivity contribution in [3.8, 4) is 0 Å². The van der Waals surface area contributed by atoms with Gasteiger partial charge in [-0.05, 0) is 30.7 Å². The standard InChI is InChI=1S/C16H16FNOS/c1-12(13-6-3-2-4-7-13)20-11-16(19)18-15-9-5-8-14(17)10-15/h2-10,12H,11H2,1H3,(H,18,19)/t12-/m0/s1. The first-order valence-electron chi connectivity index (χ1n) is 6.37. The van der Waals surface area contributed by atoms with Gasteiger partial charge in [0.05, 0.1) is 5.75 Å². The van der Waals surface area contributed by atoms with Gasteiger partial charge >= 0.3 is 0 Å². The van der Waals surface area contributed by atoms with Crippen molar-refractivity contribution in [1.29, 1.82) is 0 Å². The Hall–Kier alpha value is -1.81.